The molecule has 1 aromatic heterocycles. The SMILES string of the molecule is CS(=O)(=O)CCS(=O)Cc1nc2ccc(N)cc2[nH]1. The molecule has 1 heterocycles. The normalized spacial score (nSPS) is 13.7. The van der Waals surface area contributed by atoms with Crippen LogP contribution in [0, 0.1) is 0 Å². The van der Waals surface area contributed by atoms with Gasteiger partial charge in [-0.1, -0.05) is 0 Å². The van der Waals surface area contributed by atoms with Crippen LogP contribution < -0.4 is 5.73 Å². The van der Waals surface area contributed by atoms with Crippen molar-refractivity contribution in [1.29, 1.82) is 0 Å². The molecule has 0 aliphatic rings. The van der Waals surface area contributed by atoms with Gasteiger partial charge in [-0.2, -0.15) is 0 Å². The molecule has 1 atom stereocenters. The van der Waals surface area contributed by atoms with Crippen molar-refractivity contribution < 1.29 is 12.6 Å². The summed E-state index contributed by atoms with van der Waals surface area (Å²) in [5.74, 6) is 0.835. The van der Waals surface area contributed by atoms with Gasteiger partial charge in [0.05, 0.1) is 22.5 Å². The summed E-state index contributed by atoms with van der Waals surface area (Å²) < 4.78 is 33.8. The molecule has 2 rings (SSSR count). The van der Waals surface area contributed by atoms with Crippen LogP contribution in [0.15, 0.2) is 18.2 Å². The average Bonchev–Trinajstić information content (AvgIpc) is 2.66. The number of aromatic amines is 1. The van der Waals surface area contributed by atoms with Crippen LogP contribution in [0.4, 0.5) is 5.69 Å². The minimum Gasteiger partial charge on any atom is -0.399 e. The third-order valence-electron chi connectivity index (χ3n) is 2.53. The van der Waals surface area contributed by atoms with Gasteiger partial charge in [0, 0.05) is 28.5 Å². The van der Waals surface area contributed by atoms with E-state index in [1.54, 1.807) is 18.2 Å². The fourth-order valence-electron chi connectivity index (χ4n) is 1.62. The third kappa shape index (κ3) is 4.03. The van der Waals surface area contributed by atoms with Gasteiger partial charge in [-0.05, 0) is 18.2 Å². The number of nitrogens with one attached hydrogen (secondary N) is 1. The topological polar surface area (TPSA) is 106 Å². The van der Waals surface area contributed by atoms with Crippen molar-refractivity contribution >= 4 is 37.4 Å². The molecule has 104 valence electrons. The molecule has 0 spiro atoms. The molecule has 19 heavy (non-hydrogen) atoms. The highest BCUT2D eigenvalue weighted by molar-refractivity contribution is 7.92. The third-order valence-corrected chi connectivity index (χ3v) is 4.99. The molecule has 0 bridgehead atoms. The van der Waals surface area contributed by atoms with Crippen LogP contribution in [-0.2, 0) is 26.4 Å². The van der Waals surface area contributed by atoms with Crippen molar-refractivity contribution in [3.05, 3.63) is 24.0 Å². The van der Waals surface area contributed by atoms with Gasteiger partial charge in [0.2, 0.25) is 0 Å². The lowest BCUT2D eigenvalue weighted by Crippen LogP contribution is -2.13. The predicted molar refractivity (Wildman–Crippen MR) is 76.9 cm³/mol. The number of nitrogens with two attached hydrogens (primary N) is 1. The second-order valence-corrected chi connectivity index (χ2v) is 8.21. The number of benzene rings is 1. The Labute approximate surface area is 113 Å². The molecule has 8 heteroatoms. The van der Waals surface area contributed by atoms with Gasteiger partial charge in [-0.15, -0.1) is 0 Å². The molecule has 3 N–H and O–H groups in total. The van der Waals surface area contributed by atoms with E-state index in [9.17, 15) is 12.6 Å². The van der Waals surface area contributed by atoms with E-state index in [-0.39, 0.29) is 17.3 Å². The predicted octanol–water partition coefficient (Wildman–Crippen LogP) is 0.438. The van der Waals surface area contributed by atoms with E-state index in [0.29, 0.717) is 11.5 Å². The van der Waals surface area contributed by atoms with Crippen molar-refractivity contribution in [1.82, 2.24) is 9.97 Å². The van der Waals surface area contributed by atoms with E-state index in [0.717, 1.165) is 17.3 Å². The van der Waals surface area contributed by atoms with Gasteiger partial charge in [0.25, 0.3) is 0 Å². The Kier molecular flexibility index (Phi) is 3.91. The Hall–Kier alpha value is -1.41. The highest BCUT2D eigenvalue weighted by Gasteiger charge is 2.10. The quantitative estimate of drug-likeness (QED) is 0.779. The molecule has 0 saturated heterocycles. The van der Waals surface area contributed by atoms with Crippen LogP contribution in [-0.4, -0.2) is 40.4 Å². The van der Waals surface area contributed by atoms with Crippen molar-refractivity contribution in [2.24, 2.45) is 0 Å². The lowest BCUT2D eigenvalue weighted by atomic mass is 10.3. The van der Waals surface area contributed by atoms with Crippen molar-refractivity contribution in [2.45, 2.75) is 5.75 Å². The van der Waals surface area contributed by atoms with Crippen LogP contribution in [0.3, 0.4) is 0 Å². The molecule has 0 radical (unpaired) electrons. The van der Waals surface area contributed by atoms with E-state index in [4.69, 9.17) is 5.73 Å². The smallest absolute Gasteiger partial charge is 0.148 e. The van der Waals surface area contributed by atoms with E-state index >= 15 is 0 Å². The number of fused-ring (bicyclic) bond motifs is 1. The number of hydrogen-bond acceptors (Lipinski definition) is 5. The van der Waals surface area contributed by atoms with Gasteiger partial charge < -0.3 is 10.7 Å². The molecule has 2 aromatic rings. The van der Waals surface area contributed by atoms with Crippen LogP contribution in [0.2, 0.25) is 0 Å². The molecule has 0 aliphatic heterocycles. The highest BCUT2D eigenvalue weighted by atomic mass is 32.2. The number of imidazole rings is 1. The summed E-state index contributed by atoms with van der Waals surface area (Å²) in [5.41, 5.74) is 7.82. The monoisotopic (exact) mass is 301 g/mol. The van der Waals surface area contributed by atoms with Crippen LogP contribution in [0.1, 0.15) is 5.82 Å². The standard InChI is InChI=1S/C11H15N3O3S2/c1-19(16,17)5-4-18(15)7-11-13-9-3-2-8(12)6-10(9)14-11/h2-3,6H,4-5,7,12H2,1H3,(H,13,14). The van der Waals surface area contributed by atoms with Crippen LogP contribution >= 0.6 is 0 Å². The Morgan fingerprint density at radius 2 is 2.16 bits per heavy atom. The zero-order valence-electron chi connectivity index (χ0n) is 10.4. The molecule has 0 fully saturated rings. The van der Waals surface area contributed by atoms with Gasteiger partial charge in [0.1, 0.15) is 15.7 Å². The van der Waals surface area contributed by atoms with E-state index < -0.39 is 20.6 Å². The summed E-state index contributed by atoms with van der Waals surface area (Å²) in [6, 6.07) is 5.28. The maximum absolute atomic E-state index is 11.8. The molecule has 1 unspecified atom stereocenters. The molecule has 0 saturated carbocycles. The number of H-pyrrole nitrogens is 1. The molecule has 0 aliphatic carbocycles. The fourth-order valence-corrected chi connectivity index (χ4v) is 4.16. The molecule has 0 amide bonds. The Morgan fingerprint density at radius 3 is 2.84 bits per heavy atom. The summed E-state index contributed by atoms with van der Waals surface area (Å²) in [6.45, 7) is 0. The maximum Gasteiger partial charge on any atom is 0.148 e. The van der Waals surface area contributed by atoms with Crippen LogP contribution in [0.25, 0.3) is 11.0 Å². The second-order valence-electron chi connectivity index (χ2n) is 4.38. The number of rotatable bonds is 5. The number of nitrogen functional groups attached to an aromatic ring is 1. The number of aromatic nitrogens is 2. The first kappa shape index (κ1) is 14.0. The summed E-state index contributed by atoms with van der Waals surface area (Å²) in [5, 5.41) is 0. The van der Waals surface area contributed by atoms with Crippen molar-refractivity contribution in [2.75, 3.05) is 23.5 Å². The number of nitrogens with zero attached hydrogens (tertiary/aromatic N) is 1. The van der Waals surface area contributed by atoms with Gasteiger partial charge in [0.15, 0.2) is 0 Å². The van der Waals surface area contributed by atoms with Gasteiger partial charge in [-0.3, -0.25) is 4.21 Å². The zero-order chi connectivity index (χ0) is 14.0. The first-order valence-electron chi connectivity index (χ1n) is 5.60. The highest BCUT2D eigenvalue weighted by Crippen LogP contribution is 2.15. The number of hydrogen-bond donors (Lipinski definition) is 2. The second kappa shape index (κ2) is 5.30. The Bertz CT molecular complexity index is 722. The first-order valence-corrected chi connectivity index (χ1v) is 9.15. The van der Waals surface area contributed by atoms with E-state index in [1.165, 1.54) is 0 Å². The number of sulfone groups is 1. The summed E-state index contributed by atoms with van der Waals surface area (Å²) in [7, 11) is -4.34. The van der Waals surface area contributed by atoms with Gasteiger partial charge in [-0.25, -0.2) is 13.4 Å². The average molecular weight is 301 g/mol. The summed E-state index contributed by atoms with van der Waals surface area (Å²) >= 11 is 0. The molecular weight excluding hydrogens is 286 g/mol. The van der Waals surface area contributed by atoms with Crippen molar-refractivity contribution in [3.8, 4) is 0 Å². The molecular formula is C11H15N3O3S2. The summed E-state index contributed by atoms with van der Waals surface area (Å²) in [4.78, 5) is 7.32. The van der Waals surface area contributed by atoms with E-state index in [2.05, 4.69) is 9.97 Å². The largest absolute Gasteiger partial charge is 0.399 e. The number of anilines is 1. The zero-order valence-corrected chi connectivity index (χ0v) is 12.1. The molecule has 6 nitrogen and oxygen atoms in total. The minimum absolute atomic E-state index is 0.0766. The Balaban J connectivity index is 2.07. The van der Waals surface area contributed by atoms with E-state index in [1.807, 2.05) is 0 Å². The lowest BCUT2D eigenvalue weighted by molar-refractivity contribution is 0.602. The fraction of sp³-hybridized carbons (Fsp3) is 0.364. The Morgan fingerprint density at radius 1 is 1.42 bits per heavy atom. The molecule has 1 aromatic carbocycles. The lowest BCUT2D eigenvalue weighted by Gasteiger charge is -1.98. The minimum atomic E-state index is -3.08. The van der Waals surface area contributed by atoms with Gasteiger partial charge >= 0.3 is 0 Å². The van der Waals surface area contributed by atoms with Crippen LogP contribution in [0.5, 0.6) is 0 Å². The maximum atomic E-state index is 11.8. The summed E-state index contributed by atoms with van der Waals surface area (Å²) in [6.07, 6.45) is 1.13. The first-order chi connectivity index (χ1) is 8.83. The van der Waals surface area contributed by atoms with Crippen molar-refractivity contribution in [3.63, 3.8) is 0 Å².